The number of aryl methyl sites for hydroxylation is 2. The largest absolute Gasteiger partial charge is 0.339 e. The summed E-state index contributed by atoms with van der Waals surface area (Å²) in [6.07, 6.45) is 6.71. The zero-order valence-electron chi connectivity index (χ0n) is 14.3. The molecule has 0 aromatic carbocycles. The highest BCUT2D eigenvalue weighted by Gasteiger charge is 2.45. The van der Waals surface area contributed by atoms with Crippen LogP contribution in [0.3, 0.4) is 0 Å². The Balaban J connectivity index is 1.36. The lowest BCUT2D eigenvalue weighted by atomic mass is 9.72. The van der Waals surface area contributed by atoms with E-state index in [0.717, 1.165) is 50.7 Å². The molecule has 6 nitrogen and oxygen atoms in total. The Labute approximate surface area is 137 Å². The summed E-state index contributed by atoms with van der Waals surface area (Å²) in [5.41, 5.74) is 0.378. The van der Waals surface area contributed by atoms with Crippen molar-refractivity contribution in [2.24, 2.45) is 12.5 Å². The lowest BCUT2D eigenvalue weighted by molar-refractivity contribution is -0.139. The van der Waals surface area contributed by atoms with Gasteiger partial charge < -0.3 is 4.90 Å². The zero-order chi connectivity index (χ0) is 16.0. The predicted molar refractivity (Wildman–Crippen MR) is 86.7 cm³/mol. The molecule has 1 saturated carbocycles. The Morgan fingerprint density at radius 2 is 1.96 bits per heavy atom. The van der Waals surface area contributed by atoms with Crippen LogP contribution in [0.5, 0.6) is 0 Å². The molecule has 23 heavy (non-hydrogen) atoms. The van der Waals surface area contributed by atoms with Crippen molar-refractivity contribution in [1.29, 1.82) is 0 Å². The fourth-order valence-electron chi connectivity index (χ4n) is 4.25. The van der Waals surface area contributed by atoms with Gasteiger partial charge >= 0.3 is 0 Å². The monoisotopic (exact) mass is 317 g/mol. The second-order valence-corrected chi connectivity index (χ2v) is 7.73. The first-order valence-corrected chi connectivity index (χ1v) is 8.93. The lowest BCUT2D eigenvalue weighted by Gasteiger charge is -2.47. The SMILES string of the molecule is Cc1nc(CN2CCC3(CCC(=O)N(C4CC4)C3)CC2)n(C)n1. The second kappa shape index (κ2) is 5.58. The molecule has 3 heterocycles. The first-order chi connectivity index (χ1) is 11.0. The highest BCUT2D eigenvalue weighted by Crippen LogP contribution is 2.43. The third-order valence-electron chi connectivity index (χ3n) is 5.92. The highest BCUT2D eigenvalue weighted by atomic mass is 16.2. The molecule has 1 aromatic rings. The third kappa shape index (κ3) is 3.01. The van der Waals surface area contributed by atoms with Crippen molar-refractivity contribution < 1.29 is 4.79 Å². The number of piperidine rings is 2. The van der Waals surface area contributed by atoms with E-state index in [-0.39, 0.29) is 0 Å². The number of carbonyl (C=O) groups excluding carboxylic acids is 1. The van der Waals surface area contributed by atoms with Crippen molar-refractivity contribution in [2.45, 2.75) is 58.0 Å². The molecule has 1 aromatic heterocycles. The smallest absolute Gasteiger partial charge is 0.222 e. The minimum atomic E-state index is 0.378. The molecule has 1 spiro atoms. The standard InChI is InChI=1S/C17H27N5O/c1-13-18-15(20(2)19-13)11-21-9-7-17(8-10-21)6-5-16(23)22(12-17)14-3-4-14/h14H,3-12H2,1-2H3. The van der Waals surface area contributed by atoms with Gasteiger partial charge in [0.05, 0.1) is 6.54 Å². The van der Waals surface area contributed by atoms with Crippen molar-refractivity contribution in [1.82, 2.24) is 24.6 Å². The molecule has 2 saturated heterocycles. The van der Waals surface area contributed by atoms with E-state index in [1.54, 1.807) is 0 Å². The number of rotatable bonds is 3. The first-order valence-electron chi connectivity index (χ1n) is 8.93. The summed E-state index contributed by atoms with van der Waals surface area (Å²) in [4.78, 5) is 21.4. The summed E-state index contributed by atoms with van der Waals surface area (Å²) in [7, 11) is 1.97. The number of carbonyl (C=O) groups is 1. The molecule has 0 N–H and O–H groups in total. The van der Waals surface area contributed by atoms with Crippen molar-refractivity contribution in [3.05, 3.63) is 11.6 Å². The maximum atomic E-state index is 12.1. The number of aromatic nitrogens is 3. The summed E-state index contributed by atoms with van der Waals surface area (Å²) in [5, 5.41) is 4.34. The van der Waals surface area contributed by atoms with Gasteiger partial charge in [-0.05, 0) is 57.5 Å². The lowest BCUT2D eigenvalue weighted by Crippen LogP contribution is -2.52. The Morgan fingerprint density at radius 1 is 1.22 bits per heavy atom. The van der Waals surface area contributed by atoms with Gasteiger partial charge in [-0.1, -0.05) is 0 Å². The summed E-state index contributed by atoms with van der Waals surface area (Å²) < 4.78 is 1.90. The highest BCUT2D eigenvalue weighted by molar-refractivity contribution is 5.77. The number of likely N-dealkylation sites (tertiary alicyclic amines) is 2. The van der Waals surface area contributed by atoms with Crippen molar-refractivity contribution in [3.8, 4) is 0 Å². The Kier molecular flexibility index (Phi) is 3.67. The van der Waals surface area contributed by atoms with Gasteiger partial charge in [-0.2, -0.15) is 5.10 Å². The molecule has 1 aliphatic carbocycles. The van der Waals surface area contributed by atoms with Gasteiger partial charge in [-0.15, -0.1) is 0 Å². The van der Waals surface area contributed by atoms with Crippen LogP contribution < -0.4 is 0 Å². The minimum absolute atomic E-state index is 0.378. The van der Waals surface area contributed by atoms with Crippen LogP contribution in [0, 0.1) is 12.3 Å². The first kappa shape index (κ1) is 15.1. The van der Waals surface area contributed by atoms with Crippen LogP contribution >= 0.6 is 0 Å². The van der Waals surface area contributed by atoms with Crippen LogP contribution in [-0.4, -0.2) is 56.1 Å². The molecule has 0 bridgehead atoms. The molecule has 126 valence electrons. The van der Waals surface area contributed by atoms with Crippen molar-refractivity contribution in [2.75, 3.05) is 19.6 Å². The topological polar surface area (TPSA) is 54.3 Å². The van der Waals surface area contributed by atoms with Crippen LogP contribution in [0.2, 0.25) is 0 Å². The van der Waals surface area contributed by atoms with E-state index in [4.69, 9.17) is 0 Å². The van der Waals surface area contributed by atoms with E-state index < -0.39 is 0 Å². The van der Waals surface area contributed by atoms with Gasteiger partial charge in [-0.25, -0.2) is 4.98 Å². The Morgan fingerprint density at radius 3 is 2.57 bits per heavy atom. The Bertz CT molecular complexity index is 598. The quantitative estimate of drug-likeness (QED) is 0.847. The van der Waals surface area contributed by atoms with Crippen molar-refractivity contribution in [3.63, 3.8) is 0 Å². The molecule has 2 aliphatic heterocycles. The maximum absolute atomic E-state index is 12.1. The van der Waals surface area contributed by atoms with E-state index in [1.807, 2.05) is 18.7 Å². The fraction of sp³-hybridized carbons (Fsp3) is 0.824. The number of hydrogen-bond acceptors (Lipinski definition) is 4. The summed E-state index contributed by atoms with van der Waals surface area (Å²) in [6.45, 7) is 6.06. The summed E-state index contributed by atoms with van der Waals surface area (Å²) >= 11 is 0. The van der Waals surface area contributed by atoms with E-state index in [9.17, 15) is 4.79 Å². The predicted octanol–water partition coefficient (Wildman–Crippen LogP) is 1.49. The average molecular weight is 317 g/mol. The number of hydrogen-bond donors (Lipinski definition) is 0. The Hall–Kier alpha value is -1.43. The average Bonchev–Trinajstić information content (AvgIpc) is 3.31. The minimum Gasteiger partial charge on any atom is -0.339 e. The molecule has 4 rings (SSSR count). The second-order valence-electron chi connectivity index (χ2n) is 7.73. The molecule has 3 fully saturated rings. The van der Waals surface area contributed by atoms with Crippen LogP contribution in [0.15, 0.2) is 0 Å². The summed E-state index contributed by atoms with van der Waals surface area (Å²) in [5.74, 6) is 2.30. The number of amides is 1. The molecule has 6 heteroatoms. The number of nitrogens with zero attached hydrogens (tertiary/aromatic N) is 5. The van der Waals surface area contributed by atoms with Crippen molar-refractivity contribution >= 4 is 5.91 Å². The van der Waals surface area contributed by atoms with Gasteiger partial charge in [0.1, 0.15) is 11.6 Å². The van der Waals surface area contributed by atoms with Gasteiger partial charge in [0, 0.05) is 26.1 Å². The van der Waals surface area contributed by atoms with Gasteiger partial charge in [-0.3, -0.25) is 14.4 Å². The van der Waals surface area contributed by atoms with Gasteiger partial charge in [0.15, 0.2) is 0 Å². The molecule has 0 atom stereocenters. The van der Waals surface area contributed by atoms with E-state index in [0.29, 0.717) is 17.4 Å². The molecular weight excluding hydrogens is 290 g/mol. The molecule has 3 aliphatic rings. The van der Waals surface area contributed by atoms with E-state index in [1.165, 1.54) is 25.7 Å². The van der Waals surface area contributed by atoms with Gasteiger partial charge in [0.25, 0.3) is 0 Å². The maximum Gasteiger partial charge on any atom is 0.222 e. The molecular formula is C17H27N5O. The van der Waals surface area contributed by atoms with E-state index in [2.05, 4.69) is 19.9 Å². The van der Waals surface area contributed by atoms with E-state index >= 15 is 0 Å². The summed E-state index contributed by atoms with van der Waals surface area (Å²) in [6, 6.07) is 0.569. The van der Waals surface area contributed by atoms with Crippen LogP contribution in [0.4, 0.5) is 0 Å². The van der Waals surface area contributed by atoms with Crippen LogP contribution in [-0.2, 0) is 18.4 Å². The zero-order valence-corrected chi connectivity index (χ0v) is 14.3. The van der Waals surface area contributed by atoms with Crippen LogP contribution in [0.25, 0.3) is 0 Å². The molecule has 0 unspecified atom stereocenters. The van der Waals surface area contributed by atoms with Gasteiger partial charge in [0.2, 0.25) is 5.91 Å². The normalized spacial score (nSPS) is 25.3. The van der Waals surface area contributed by atoms with Crippen LogP contribution in [0.1, 0.15) is 50.2 Å². The molecule has 0 radical (unpaired) electrons. The molecule has 1 amide bonds. The third-order valence-corrected chi connectivity index (χ3v) is 5.92. The fourth-order valence-corrected chi connectivity index (χ4v) is 4.25.